The Morgan fingerprint density at radius 2 is 1.80 bits per heavy atom. The van der Waals surface area contributed by atoms with Crippen molar-refractivity contribution in [1.29, 1.82) is 0 Å². The minimum atomic E-state index is -0.451. The van der Waals surface area contributed by atoms with Crippen LogP contribution in [-0.4, -0.2) is 26.8 Å². The van der Waals surface area contributed by atoms with Gasteiger partial charge in [0.15, 0.2) is 0 Å². The Labute approximate surface area is 235 Å². The van der Waals surface area contributed by atoms with E-state index in [2.05, 4.69) is 25.9 Å². The average molecular weight is 557 g/mol. The number of amides is 1. The lowest BCUT2D eigenvalue weighted by Gasteiger charge is -2.34. The lowest BCUT2D eigenvalue weighted by molar-refractivity contribution is -0.384. The molecule has 0 spiro atoms. The number of phenols is 1. The van der Waals surface area contributed by atoms with Gasteiger partial charge in [-0.3, -0.25) is 19.8 Å². The molecule has 2 saturated carbocycles. The first-order valence-electron chi connectivity index (χ1n) is 13.1. The molecule has 1 aromatic heterocycles. The second-order valence-corrected chi connectivity index (χ2v) is 12.2. The molecule has 2 atom stereocenters. The summed E-state index contributed by atoms with van der Waals surface area (Å²) in [6.45, 7) is 6.90. The first-order valence-corrected chi connectivity index (χ1v) is 13.9. The van der Waals surface area contributed by atoms with Gasteiger partial charge in [0, 0.05) is 34.9 Å². The third-order valence-corrected chi connectivity index (χ3v) is 9.90. The van der Waals surface area contributed by atoms with Crippen LogP contribution in [0.25, 0.3) is 17.4 Å². The number of anilines is 1. The molecule has 1 amide bonds. The Hall–Kier alpha value is -4.18. The number of phenolic OH excluding ortho intramolecular Hbond substituents is 1. The monoisotopic (exact) mass is 556 g/mol. The first-order chi connectivity index (χ1) is 19.1. The number of non-ortho nitro benzene ring substituents is 1. The number of carbonyl (C=O) groups is 1. The standard InChI is InChI=1S/C30H28N4O5S/c1-29(2)19-14-15-30(29,3)26(16-19)31-32-28-33(20-8-10-22(35)11-9-20)27(36)25(40-28)17-23-12-13-24(39-23)18-4-6-21(7-5-18)34(37)38/h4-13,17,19,35H,14-16H2,1-3H3/b25-17-,31-26+,32-28+. The smallest absolute Gasteiger partial charge is 0.271 e. The molecule has 2 unspecified atom stereocenters. The van der Waals surface area contributed by atoms with Gasteiger partial charge >= 0.3 is 0 Å². The summed E-state index contributed by atoms with van der Waals surface area (Å²) in [7, 11) is 0. The van der Waals surface area contributed by atoms with Crippen LogP contribution in [0.5, 0.6) is 5.75 Å². The van der Waals surface area contributed by atoms with E-state index in [-0.39, 0.29) is 28.2 Å². The van der Waals surface area contributed by atoms with E-state index in [1.54, 1.807) is 42.5 Å². The number of nitro groups is 1. The van der Waals surface area contributed by atoms with E-state index < -0.39 is 4.92 Å². The highest BCUT2D eigenvalue weighted by molar-refractivity contribution is 8.19. The summed E-state index contributed by atoms with van der Waals surface area (Å²) in [4.78, 5) is 26.0. The van der Waals surface area contributed by atoms with Crippen molar-refractivity contribution >= 4 is 46.0 Å². The molecule has 10 heteroatoms. The molecule has 2 bridgehead atoms. The second-order valence-electron chi connectivity index (χ2n) is 11.2. The van der Waals surface area contributed by atoms with Gasteiger partial charge in [0.05, 0.1) is 15.5 Å². The molecule has 0 radical (unpaired) electrons. The number of hydrogen-bond donors (Lipinski definition) is 1. The van der Waals surface area contributed by atoms with Gasteiger partial charge in [-0.1, -0.05) is 20.8 Å². The highest BCUT2D eigenvalue weighted by Crippen LogP contribution is 2.64. The molecule has 2 aliphatic carbocycles. The molecule has 40 heavy (non-hydrogen) atoms. The molecular formula is C30H28N4O5S. The summed E-state index contributed by atoms with van der Waals surface area (Å²) in [5.41, 5.74) is 2.48. The van der Waals surface area contributed by atoms with Crippen LogP contribution in [0, 0.1) is 26.9 Å². The Morgan fingerprint density at radius 1 is 1.07 bits per heavy atom. The predicted molar refractivity (Wildman–Crippen MR) is 156 cm³/mol. The normalized spacial score (nSPS) is 26.5. The quantitative estimate of drug-likeness (QED) is 0.201. The largest absolute Gasteiger partial charge is 0.508 e. The van der Waals surface area contributed by atoms with Crippen molar-refractivity contribution in [2.45, 2.75) is 40.0 Å². The number of amidine groups is 1. The lowest BCUT2D eigenvalue weighted by atomic mass is 9.70. The van der Waals surface area contributed by atoms with Crippen molar-refractivity contribution in [3.8, 4) is 17.1 Å². The zero-order valence-electron chi connectivity index (χ0n) is 22.3. The molecule has 1 N–H and O–H groups in total. The maximum Gasteiger partial charge on any atom is 0.271 e. The van der Waals surface area contributed by atoms with Crippen molar-refractivity contribution in [3.63, 3.8) is 0 Å². The van der Waals surface area contributed by atoms with E-state index >= 15 is 0 Å². The van der Waals surface area contributed by atoms with Gasteiger partial charge in [-0.2, -0.15) is 5.10 Å². The zero-order chi connectivity index (χ0) is 28.2. The third kappa shape index (κ3) is 4.23. The fourth-order valence-electron chi connectivity index (χ4n) is 6.02. The maximum atomic E-state index is 13.6. The average Bonchev–Trinajstić information content (AvgIpc) is 3.63. The summed E-state index contributed by atoms with van der Waals surface area (Å²) >= 11 is 1.22. The summed E-state index contributed by atoms with van der Waals surface area (Å²) < 4.78 is 5.95. The van der Waals surface area contributed by atoms with E-state index in [9.17, 15) is 20.0 Å². The van der Waals surface area contributed by atoms with E-state index in [0.29, 0.717) is 38.8 Å². The van der Waals surface area contributed by atoms with Gasteiger partial charge in [-0.25, -0.2) is 0 Å². The molecule has 204 valence electrons. The van der Waals surface area contributed by atoms with Crippen LogP contribution in [0.2, 0.25) is 0 Å². The number of nitrogens with zero attached hydrogens (tertiary/aromatic N) is 4. The molecule has 3 aromatic rings. The van der Waals surface area contributed by atoms with Crippen LogP contribution in [0.15, 0.2) is 80.2 Å². The number of rotatable bonds is 5. The van der Waals surface area contributed by atoms with Gasteiger partial charge in [0.25, 0.3) is 11.6 Å². The van der Waals surface area contributed by atoms with Crippen LogP contribution in [0.1, 0.15) is 45.8 Å². The topological polar surface area (TPSA) is 122 Å². The molecule has 9 nitrogen and oxygen atoms in total. The first kappa shape index (κ1) is 26.1. The Morgan fingerprint density at radius 3 is 2.42 bits per heavy atom. The molecule has 3 aliphatic rings. The molecule has 2 heterocycles. The van der Waals surface area contributed by atoms with Gasteiger partial charge in [0.2, 0.25) is 5.17 Å². The molecule has 3 fully saturated rings. The molecule has 1 saturated heterocycles. The number of carbonyl (C=O) groups excluding carboxylic acids is 1. The fourth-order valence-corrected chi connectivity index (χ4v) is 6.93. The van der Waals surface area contributed by atoms with Crippen LogP contribution in [0.3, 0.4) is 0 Å². The Kier molecular flexibility index (Phi) is 6.18. The van der Waals surface area contributed by atoms with Crippen LogP contribution < -0.4 is 4.90 Å². The molecule has 6 rings (SSSR count). The minimum Gasteiger partial charge on any atom is -0.508 e. The number of thioether (sulfide) groups is 1. The molecule has 2 aromatic carbocycles. The highest BCUT2D eigenvalue weighted by atomic mass is 32.2. The lowest BCUT2D eigenvalue weighted by Crippen LogP contribution is -2.32. The van der Waals surface area contributed by atoms with E-state index in [0.717, 1.165) is 18.6 Å². The van der Waals surface area contributed by atoms with Gasteiger partial charge in [0.1, 0.15) is 17.3 Å². The number of furan rings is 1. The van der Waals surface area contributed by atoms with E-state index in [4.69, 9.17) is 9.52 Å². The van der Waals surface area contributed by atoms with Crippen LogP contribution >= 0.6 is 11.8 Å². The number of aromatic hydroxyl groups is 1. The molecular weight excluding hydrogens is 528 g/mol. The second kappa shape index (κ2) is 9.48. The van der Waals surface area contributed by atoms with E-state index in [1.807, 2.05) is 0 Å². The SMILES string of the molecule is CC12CCC(C/C1=N\N=C1\S/C(=C\c3ccc(-c4ccc([N+](=O)[O-])cc4)o3)C(=O)N1c1ccc(O)cc1)C2(C)C. The summed E-state index contributed by atoms with van der Waals surface area (Å²) in [6, 6.07) is 16.0. The van der Waals surface area contributed by atoms with Crippen molar-refractivity contribution in [1.82, 2.24) is 0 Å². The number of nitro benzene ring substituents is 1. The number of benzene rings is 2. The minimum absolute atomic E-state index is 0.00157. The van der Waals surface area contributed by atoms with Gasteiger partial charge in [-0.05, 0) is 90.9 Å². The Balaban J connectivity index is 1.32. The van der Waals surface area contributed by atoms with Crippen molar-refractivity contribution in [2.75, 3.05) is 4.90 Å². The van der Waals surface area contributed by atoms with E-state index in [1.165, 1.54) is 47.3 Å². The predicted octanol–water partition coefficient (Wildman–Crippen LogP) is 7.24. The molecule has 1 aliphatic heterocycles. The maximum absolute atomic E-state index is 13.6. The van der Waals surface area contributed by atoms with Crippen molar-refractivity contribution in [3.05, 3.63) is 81.4 Å². The van der Waals surface area contributed by atoms with Crippen molar-refractivity contribution in [2.24, 2.45) is 27.0 Å². The van der Waals surface area contributed by atoms with Gasteiger partial charge in [-0.15, -0.1) is 5.10 Å². The summed E-state index contributed by atoms with van der Waals surface area (Å²) in [5, 5.41) is 30.5. The van der Waals surface area contributed by atoms with Gasteiger partial charge < -0.3 is 9.52 Å². The Bertz CT molecular complexity index is 1600. The van der Waals surface area contributed by atoms with Crippen molar-refractivity contribution < 1.29 is 19.2 Å². The highest BCUT2D eigenvalue weighted by Gasteiger charge is 2.60. The zero-order valence-corrected chi connectivity index (χ0v) is 23.1. The van der Waals surface area contributed by atoms with Crippen LogP contribution in [-0.2, 0) is 4.79 Å². The number of fused-ring (bicyclic) bond motifs is 2. The summed E-state index contributed by atoms with van der Waals surface area (Å²) in [5.74, 6) is 1.40. The number of hydrogen-bond acceptors (Lipinski definition) is 8. The fraction of sp³-hybridized carbons (Fsp3) is 0.300. The third-order valence-electron chi connectivity index (χ3n) is 8.95. The van der Waals surface area contributed by atoms with Crippen LogP contribution in [0.4, 0.5) is 11.4 Å². The summed E-state index contributed by atoms with van der Waals surface area (Å²) in [6.07, 6.45) is 4.86.